The Morgan fingerprint density at radius 1 is 1.35 bits per heavy atom. The number of carbonyl (C=O) groups excluding carboxylic acids is 1. The number of aromatic nitrogens is 3. The number of nitrogens with zero attached hydrogens (tertiary/aromatic N) is 4. The first-order valence-electron chi connectivity index (χ1n) is 6.68. The van der Waals surface area contributed by atoms with Gasteiger partial charge >= 0.3 is 0 Å². The number of carbonyl (C=O) groups is 1. The molecule has 0 aliphatic heterocycles. The highest BCUT2D eigenvalue weighted by atomic mass is 16.3. The minimum atomic E-state index is -0.0216. The van der Waals surface area contributed by atoms with Crippen LogP contribution in [0.4, 0.5) is 0 Å². The Morgan fingerprint density at radius 2 is 2.10 bits per heavy atom. The molecule has 6 nitrogen and oxygen atoms in total. The second-order valence-electron chi connectivity index (χ2n) is 4.85. The summed E-state index contributed by atoms with van der Waals surface area (Å²) in [6.45, 7) is 0.396. The molecule has 0 radical (unpaired) electrons. The molecule has 6 heteroatoms. The van der Waals surface area contributed by atoms with Crippen LogP contribution in [0.2, 0.25) is 0 Å². The van der Waals surface area contributed by atoms with E-state index in [0.29, 0.717) is 18.2 Å². The van der Waals surface area contributed by atoms with E-state index in [0.717, 1.165) is 18.5 Å². The van der Waals surface area contributed by atoms with E-state index in [4.69, 9.17) is 5.11 Å². The van der Waals surface area contributed by atoms with Crippen LogP contribution in [0.5, 0.6) is 0 Å². The molecule has 1 fully saturated rings. The van der Waals surface area contributed by atoms with E-state index < -0.39 is 0 Å². The van der Waals surface area contributed by atoms with Crippen molar-refractivity contribution >= 4 is 5.91 Å². The quantitative estimate of drug-likeness (QED) is 0.876. The third-order valence-electron chi connectivity index (χ3n) is 3.39. The highest BCUT2D eigenvalue weighted by molar-refractivity contribution is 5.94. The van der Waals surface area contributed by atoms with Crippen LogP contribution in [0.15, 0.2) is 36.7 Å². The van der Waals surface area contributed by atoms with Crippen LogP contribution in [-0.4, -0.2) is 50.1 Å². The molecule has 0 saturated heterocycles. The van der Waals surface area contributed by atoms with Crippen LogP contribution in [0.25, 0.3) is 5.69 Å². The highest BCUT2D eigenvalue weighted by Gasteiger charge is 2.32. The molecule has 0 bridgehead atoms. The summed E-state index contributed by atoms with van der Waals surface area (Å²) in [5, 5.41) is 16.7. The Labute approximate surface area is 116 Å². The average Bonchev–Trinajstić information content (AvgIpc) is 3.17. The predicted molar refractivity (Wildman–Crippen MR) is 72.5 cm³/mol. The van der Waals surface area contributed by atoms with Crippen LogP contribution in [0.3, 0.4) is 0 Å². The Hall–Kier alpha value is -2.21. The lowest BCUT2D eigenvalue weighted by molar-refractivity contribution is 0.0707. The average molecular weight is 272 g/mol. The third-order valence-corrected chi connectivity index (χ3v) is 3.39. The van der Waals surface area contributed by atoms with Gasteiger partial charge in [0.25, 0.3) is 5.91 Å². The molecule has 1 aromatic heterocycles. The van der Waals surface area contributed by atoms with Crippen LogP contribution in [0.1, 0.15) is 23.2 Å². The second-order valence-corrected chi connectivity index (χ2v) is 4.85. The minimum absolute atomic E-state index is 0.000714. The predicted octanol–water partition coefficient (Wildman–Crippen LogP) is 0.864. The van der Waals surface area contributed by atoms with Gasteiger partial charge in [-0.1, -0.05) is 5.21 Å². The molecule has 1 amide bonds. The zero-order valence-corrected chi connectivity index (χ0v) is 11.0. The van der Waals surface area contributed by atoms with E-state index >= 15 is 0 Å². The molecule has 104 valence electrons. The van der Waals surface area contributed by atoms with Crippen molar-refractivity contribution in [1.29, 1.82) is 0 Å². The molecule has 0 unspecified atom stereocenters. The number of hydrogen-bond acceptors (Lipinski definition) is 4. The van der Waals surface area contributed by atoms with Gasteiger partial charge in [0, 0.05) is 18.2 Å². The summed E-state index contributed by atoms with van der Waals surface area (Å²) < 4.78 is 1.64. The van der Waals surface area contributed by atoms with Gasteiger partial charge < -0.3 is 10.0 Å². The number of rotatable bonds is 5. The van der Waals surface area contributed by atoms with Crippen LogP contribution in [-0.2, 0) is 0 Å². The Balaban J connectivity index is 1.78. The summed E-state index contributed by atoms with van der Waals surface area (Å²) in [4.78, 5) is 14.1. The fourth-order valence-corrected chi connectivity index (χ4v) is 2.21. The van der Waals surface area contributed by atoms with E-state index in [9.17, 15) is 4.79 Å². The Kier molecular flexibility index (Phi) is 3.47. The summed E-state index contributed by atoms with van der Waals surface area (Å²) in [7, 11) is 0. The molecule has 2 aromatic rings. The lowest BCUT2D eigenvalue weighted by Gasteiger charge is -2.21. The van der Waals surface area contributed by atoms with Gasteiger partial charge in [-0.3, -0.25) is 4.79 Å². The number of benzene rings is 1. The maximum atomic E-state index is 12.4. The van der Waals surface area contributed by atoms with Gasteiger partial charge in [0.1, 0.15) is 0 Å². The largest absolute Gasteiger partial charge is 0.395 e. The number of hydrogen-bond donors (Lipinski definition) is 1. The maximum absolute atomic E-state index is 12.4. The zero-order chi connectivity index (χ0) is 13.9. The van der Waals surface area contributed by atoms with Gasteiger partial charge in [0.2, 0.25) is 0 Å². The van der Waals surface area contributed by atoms with Crippen LogP contribution < -0.4 is 0 Å². The fourth-order valence-electron chi connectivity index (χ4n) is 2.21. The SMILES string of the molecule is O=C(c1ccc(-n2ccnn2)cc1)N(CCO)C1CC1. The van der Waals surface area contributed by atoms with Crippen molar-refractivity contribution in [3.8, 4) is 5.69 Å². The van der Waals surface area contributed by atoms with Gasteiger partial charge in [-0.2, -0.15) is 0 Å². The molecule has 0 atom stereocenters. The first-order chi connectivity index (χ1) is 9.79. The van der Waals surface area contributed by atoms with Crippen molar-refractivity contribution in [3.05, 3.63) is 42.2 Å². The fraction of sp³-hybridized carbons (Fsp3) is 0.357. The van der Waals surface area contributed by atoms with Crippen molar-refractivity contribution < 1.29 is 9.90 Å². The summed E-state index contributed by atoms with van der Waals surface area (Å²) in [5.74, 6) is -0.0216. The van der Waals surface area contributed by atoms with Gasteiger partial charge in [-0.15, -0.1) is 5.10 Å². The molecular formula is C14H16N4O2. The monoisotopic (exact) mass is 272 g/mol. The molecule has 0 spiro atoms. The van der Waals surface area contributed by atoms with Crippen molar-refractivity contribution in [3.63, 3.8) is 0 Å². The smallest absolute Gasteiger partial charge is 0.254 e. The van der Waals surface area contributed by atoms with Crippen molar-refractivity contribution in [2.75, 3.05) is 13.2 Å². The summed E-state index contributed by atoms with van der Waals surface area (Å²) in [5.41, 5.74) is 1.49. The molecule has 20 heavy (non-hydrogen) atoms. The zero-order valence-electron chi connectivity index (χ0n) is 11.0. The molecule has 3 rings (SSSR count). The maximum Gasteiger partial charge on any atom is 0.254 e. The second kappa shape index (κ2) is 5.42. The lowest BCUT2D eigenvalue weighted by atomic mass is 10.1. The molecule has 1 aliphatic rings. The standard InChI is InChI=1S/C14H16N4O2/c19-10-9-17(12-5-6-12)14(20)11-1-3-13(4-2-11)18-8-7-15-16-18/h1-4,7-8,12,19H,5-6,9-10H2. The molecule has 1 aromatic carbocycles. The van der Waals surface area contributed by atoms with Gasteiger partial charge in [-0.25, -0.2) is 4.68 Å². The van der Waals surface area contributed by atoms with E-state index in [-0.39, 0.29) is 12.5 Å². The van der Waals surface area contributed by atoms with Crippen molar-refractivity contribution in [2.24, 2.45) is 0 Å². The van der Waals surface area contributed by atoms with E-state index in [1.54, 1.807) is 34.1 Å². The lowest BCUT2D eigenvalue weighted by Crippen LogP contribution is -2.35. The topological polar surface area (TPSA) is 71.2 Å². The normalized spacial score (nSPS) is 14.2. The summed E-state index contributed by atoms with van der Waals surface area (Å²) in [6.07, 6.45) is 5.42. The first-order valence-corrected chi connectivity index (χ1v) is 6.68. The molecular weight excluding hydrogens is 256 g/mol. The van der Waals surface area contributed by atoms with Crippen LogP contribution >= 0.6 is 0 Å². The minimum Gasteiger partial charge on any atom is -0.395 e. The third kappa shape index (κ3) is 2.55. The molecule has 1 N–H and O–H groups in total. The number of aliphatic hydroxyl groups excluding tert-OH is 1. The Bertz CT molecular complexity index is 576. The van der Waals surface area contributed by atoms with Crippen molar-refractivity contribution in [1.82, 2.24) is 19.9 Å². The Morgan fingerprint density at radius 3 is 2.65 bits per heavy atom. The highest BCUT2D eigenvalue weighted by Crippen LogP contribution is 2.28. The summed E-state index contributed by atoms with van der Waals surface area (Å²) >= 11 is 0. The molecule has 1 saturated carbocycles. The number of aliphatic hydroxyl groups is 1. The number of amides is 1. The van der Waals surface area contributed by atoms with E-state index in [2.05, 4.69) is 10.3 Å². The van der Waals surface area contributed by atoms with Gasteiger partial charge in [0.15, 0.2) is 0 Å². The first kappa shape index (κ1) is 12.8. The van der Waals surface area contributed by atoms with E-state index in [1.807, 2.05) is 12.1 Å². The van der Waals surface area contributed by atoms with Crippen LogP contribution in [0, 0.1) is 0 Å². The molecule has 1 heterocycles. The summed E-state index contributed by atoms with van der Waals surface area (Å²) in [6, 6.07) is 7.54. The molecule has 1 aliphatic carbocycles. The van der Waals surface area contributed by atoms with Gasteiger partial charge in [-0.05, 0) is 37.1 Å². The van der Waals surface area contributed by atoms with E-state index in [1.165, 1.54) is 0 Å². The van der Waals surface area contributed by atoms with Gasteiger partial charge in [0.05, 0.1) is 24.7 Å². The van der Waals surface area contributed by atoms with Crippen molar-refractivity contribution in [2.45, 2.75) is 18.9 Å².